The van der Waals surface area contributed by atoms with Gasteiger partial charge in [-0.25, -0.2) is 4.98 Å². The largest absolute Gasteiger partial charge is 0.448 e. The number of aliphatic hydroxyl groups is 1. The van der Waals surface area contributed by atoms with Crippen LogP contribution < -0.4 is 0 Å². The lowest BCUT2D eigenvalue weighted by molar-refractivity contribution is 0.283. The molecule has 0 aliphatic rings. The fraction of sp³-hybridized carbons (Fsp3) is 0.250. The van der Waals surface area contributed by atoms with E-state index in [1.54, 1.807) is 6.26 Å². The highest BCUT2D eigenvalue weighted by atomic mass is 16.3. The Bertz CT molecular complexity index is 409. The molecule has 78 valence electrons. The Morgan fingerprint density at radius 3 is 2.73 bits per heavy atom. The highest BCUT2D eigenvalue weighted by Gasteiger charge is 2.04. The van der Waals surface area contributed by atoms with E-state index in [2.05, 4.69) is 4.98 Å². The van der Waals surface area contributed by atoms with Gasteiger partial charge in [-0.2, -0.15) is 0 Å². The van der Waals surface area contributed by atoms with Gasteiger partial charge in [-0.1, -0.05) is 30.3 Å². The third-order valence-electron chi connectivity index (χ3n) is 2.17. The number of oxazole rings is 1. The number of aromatic nitrogens is 1. The highest BCUT2D eigenvalue weighted by Crippen LogP contribution is 2.18. The molecule has 0 spiro atoms. The van der Waals surface area contributed by atoms with E-state index in [1.165, 1.54) is 0 Å². The molecule has 0 aliphatic heterocycles. The molecule has 2 rings (SSSR count). The molecule has 0 saturated carbocycles. The summed E-state index contributed by atoms with van der Waals surface area (Å²) in [5.41, 5.74) is 1.90. The second-order valence-electron chi connectivity index (χ2n) is 3.32. The topological polar surface area (TPSA) is 46.3 Å². The first kappa shape index (κ1) is 9.93. The van der Waals surface area contributed by atoms with Crippen LogP contribution in [0.1, 0.15) is 12.3 Å². The predicted molar refractivity (Wildman–Crippen MR) is 57.3 cm³/mol. The van der Waals surface area contributed by atoms with Gasteiger partial charge < -0.3 is 9.52 Å². The lowest BCUT2D eigenvalue weighted by atomic mass is 10.2. The molecule has 1 heterocycles. The zero-order chi connectivity index (χ0) is 10.5. The van der Waals surface area contributed by atoms with Crippen LogP contribution in [0.2, 0.25) is 0 Å². The first-order valence-electron chi connectivity index (χ1n) is 5.01. The maximum absolute atomic E-state index is 8.68. The molecule has 15 heavy (non-hydrogen) atoms. The van der Waals surface area contributed by atoms with Crippen molar-refractivity contribution in [3.63, 3.8) is 0 Å². The third kappa shape index (κ3) is 2.44. The number of hydrogen-bond acceptors (Lipinski definition) is 3. The molecule has 3 nitrogen and oxygen atoms in total. The Balaban J connectivity index is 2.14. The van der Waals surface area contributed by atoms with Gasteiger partial charge >= 0.3 is 0 Å². The zero-order valence-electron chi connectivity index (χ0n) is 8.39. The van der Waals surface area contributed by atoms with Gasteiger partial charge in [-0.15, -0.1) is 0 Å². The van der Waals surface area contributed by atoms with E-state index < -0.39 is 0 Å². The minimum Gasteiger partial charge on any atom is -0.448 e. The number of benzene rings is 1. The Labute approximate surface area is 88.4 Å². The minimum atomic E-state index is 0.170. The van der Waals surface area contributed by atoms with Crippen molar-refractivity contribution in [2.75, 3.05) is 6.61 Å². The van der Waals surface area contributed by atoms with Gasteiger partial charge in [-0.3, -0.25) is 0 Å². The van der Waals surface area contributed by atoms with Crippen LogP contribution in [0.15, 0.2) is 41.0 Å². The Morgan fingerprint density at radius 2 is 2.00 bits per heavy atom. The highest BCUT2D eigenvalue weighted by molar-refractivity contribution is 5.57. The number of nitrogens with zero attached hydrogens (tertiary/aromatic N) is 1. The average Bonchev–Trinajstić information content (AvgIpc) is 2.76. The molecule has 1 aromatic carbocycles. The molecule has 1 aromatic heterocycles. The molecular weight excluding hydrogens is 190 g/mol. The summed E-state index contributed by atoms with van der Waals surface area (Å²) in [6, 6.07) is 9.90. The molecule has 0 aliphatic carbocycles. The van der Waals surface area contributed by atoms with Gasteiger partial charge in [0, 0.05) is 18.6 Å². The van der Waals surface area contributed by atoms with Crippen LogP contribution in [0.3, 0.4) is 0 Å². The molecule has 3 heteroatoms. The summed E-state index contributed by atoms with van der Waals surface area (Å²) >= 11 is 0. The first-order valence-corrected chi connectivity index (χ1v) is 5.01. The van der Waals surface area contributed by atoms with Crippen molar-refractivity contribution in [3.05, 3.63) is 42.5 Å². The van der Waals surface area contributed by atoms with Crippen molar-refractivity contribution in [2.45, 2.75) is 12.8 Å². The van der Waals surface area contributed by atoms with Crippen molar-refractivity contribution in [3.8, 4) is 11.3 Å². The lowest BCUT2D eigenvalue weighted by Gasteiger charge is -1.92. The van der Waals surface area contributed by atoms with E-state index in [0.717, 1.165) is 11.3 Å². The molecule has 0 amide bonds. The van der Waals surface area contributed by atoms with Crippen LogP contribution in [0.4, 0.5) is 0 Å². The molecule has 1 N–H and O–H groups in total. The van der Waals surface area contributed by atoms with Crippen molar-refractivity contribution in [1.29, 1.82) is 0 Å². The molecular formula is C12H13NO2. The van der Waals surface area contributed by atoms with Gasteiger partial charge in [0.05, 0.1) is 0 Å². The summed E-state index contributed by atoms with van der Waals surface area (Å²) in [4.78, 5) is 4.34. The van der Waals surface area contributed by atoms with Gasteiger partial charge in [-0.05, 0) is 6.42 Å². The Morgan fingerprint density at radius 1 is 1.20 bits per heavy atom. The SMILES string of the molecule is OCCCc1nc(-c2ccccc2)co1. The van der Waals surface area contributed by atoms with E-state index in [4.69, 9.17) is 9.52 Å². The van der Waals surface area contributed by atoms with Crippen molar-refractivity contribution in [2.24, 2.45) is 0 Å². The third-order valence-corrected chi connectivity index (χ3v) is 2.17. The molecule has 0 atom stereocenters. The fourth-order valence-electron chi connectivity index (χ4n) is 1.40. The number of aliphatic hydroxyl groups excluding tert-OH is 1. The molecule has 0 fully saturated rings. The van der Waals surface area contributed by atoms with Crippen LogP contribution in [-0.2, 0) is 6.42 Å². The van der Waals surface area contributed by atoms with Crippen molar-refractivity contribution in [1.82, 2.24) is 4.98 Å². The van der Waals surface area contributed by atoms with Crippen molar-refractivity contribution < 1.29 is 9.52 Å². The molecule has 2 aromatic rings. The summed E-state index contributed by atoms with van der Waals surface area (Å²) in [5.74, 6) is 0.683. The van der Waals surface area contributed by atoms with Gasteiger partial charge in [0.1, 0.15) is 12.0 Å². The predicted octanol–water partition coefficient (Wildman–Crippen LogP) is 2.27. The molecule has 0 saturated heterocycles. The fourth-order valence-corrected chi connectivity index (χ4v) is 1.40. The van der Waals surface area contributed by atoms with Gasteiger partial charge in [0.15, 0.2) is 5.89 Å². The van der Waals surface area contributed by atoms with Crippen molar-refractivity contribution >= 4 is 0 Å². The van der Waals surface area contributed by atoms with Gasteiger partial charge in [0.2, 0.25) is 0 Å². The summed E-state index contributed by atoms with van der Waals surface area (Å²) in [6.07, 6.45) is 3.03. The summed E-state index contributed by atoms with van der Waals surface area (Å²) in [5, 5.41) is 8.68. The molecule has 0 radical (unpaired) electrons. The van der Waals surface area contributed by atoms with E-state index in [0.29, 0.717) is 18.7 Å². The lowest BCUT2D eigenvalue weighted by Crippen LogP contribution is -1.89. The summed E-state index contributed by atoms with van der Waals surface area (Å²) in [6.45, 7) is 0.170. The minimum absolute atomic E-state index is 0.170. The van der Waals surface area contributed by atoms with Crippen LogP contribution in [0.25, 0.3) is 11.3 Å². The van der Waals surface area contributed by atoms with Crippen LogP contribution in [0, 0.1) is 0 Å². The molecule has 0 unspecified atom stereocenters. The number of hydrogen-bond donors (Lipinski definition) is 1. The Hall–Kier alpha value is -1.61. The first-order chi connectivity index (χ1) is 7.40. The van der Waals surface area contributed by atoms with E-state index >= 15 is 0 Å². The maximum Gasteiger partial charge on any atom is 0.194 e. The van der Waals surface area contributed by atoms with Crippen LogP contribution in [-0.4, -0.2) is 16.7 Å². The van der Waals surface area contributed by atoms with E-state index in [-0.39, 0.29) is 6.61 Å². The van der Waals surface area contributed by atoms with Crippen LogP contribution >= 0.6 is 0 Å². The maximum atomic E-state index is 8.68. The second-order valence-corrected chi connectivity index (χ2v) is 3.32. The smallest absolute Gasteiger partial charge is 0.194 e. The van der Waals surface area contributed by atoms with Gasteiger partial charge in [0.25, 0.3) is 0 Å². The zero-order valence-corrected chi connectivity index (χ0v) is 8.39. The van der Waals surface area contributed by atoms with Crippen LogP contribution in [0.5, 0.6) is 0 Å². The monoisotopic (exact) mass is 203 g/mol. The Kier molecular flexibility index (Phi) is 3.15. The normalized spacial score (nSPS) is 10.5. The molecule has 0 bridgehead atoms. The standard InChI is InChI=1S/C12H13NO2/c14-8-4-7-12-13-11(9-15-12)10-5-2-1-3-6-10/h1-3,5-6,9,14H,4,7-8H2. The number of aryl methyl sites for hydroxylation is 1. The quantitative estimate of drug-likeness (QED) is 0.829. The average molecular weight is 203 g/mol. The summed E-state index contributed by atoms with van der Waals surface area (Å²) < 4.78 is 5.30. The van der Waals surface area contributed by atoms with E-state index in [1.807, 2.05) is 30.3 Å². The van der Waals surface area contributed by atoms with E-state index in [9.17, 15) is 0 Å². The number of rotatable bonds is 4. The second kappa shape index (κ2) is 4.75. The summed E-state index contributed by atoms with van der Waals surface area (Å²) in [7, 11) is 0.